The second-order valence-electron chi connectivity index (χ2n) is 3.71. The van der Waals surface area contributed by atoms with Gasteiger partial charge < -0.3 is 4.74 Å². The Hall–Kier alpha value is -1.08. The standard InChI is InChI=1S/C9H16N2O2/c1-9(2,8(12)13-4)7-11(3)6-5-10/h6-7H2,1-4H3. The molecule has 4 nitrogen and oxygen atoms in total. The third-order valence-electron chi connectivity index (χ3n) is 1.74. The number of rotatable bonds is 4. The van der Waals surface area contributed by atoms with Crippen LogP contribution in [0.3, 0.4) is 0 Å². The Morgan fingerprint density at radius 1 is 1.62 bits per heavy atom. The van der Waals surface area contributed by atoms with Gasteiger partial charge in [0.2, 0.25) is 0 Å². The van der Waals surface area contributed by atoms with Crippen molar-refractivity contribution in [2.75, 3.05) is 27.2 Å². The van der Waals surface area contributed by atoms with Crippen LogP contribution in [0.25, 0.3) is 0 Å². The Bertz CT molecular complexity index is 218. The zero-order valence-corrected chi connectivity index (χ0v) is 8.63. The fraction of sp³-hybridized carbons (Fsp3) is 0.778. The smallest absolute Gasteiger partial charge is 0.312 e. The van der Waals surface area contributed by atoms with Gasteiger partial charge in [-0.2, -0.15) is 5.26 Å². The zero-order chi connectivity index (χ0) is 10.5. The quantitative estimate of drug-likeness (QED) is 0.475. The molecule has 74 valence electrons. The molecule has 0 radical (unpaired) electrons. The third kappa shape index (κ3) is 3.90. The maximum absolute atomic E-state index is 11.2. The van der Waals surface area contributed by atoms with Crippen LogP contribution in [0.2, 0.25) is 0 Å². The Labute approximate surface area is 79.1 Å². The van der Waals surface area contributed by atoms with Gasteiger partial charge in [-0.25, -0.2) is 0 Å². The van der Waals surface area contributed by atoms with Crippen molar-refractivity contribution in [2.45, 2.75) is 13.8 Å². The van der Waals surface area contributed by atoms with Crippen LogP contribution in [0.5, 0.6) is 0 Å². The topological polar surface area (TPSA) is 53.3 Å². The molecule has 0 aromatic heterocycles. The number of nitrogens with zero attached hydrogens (tertiary/aromatic N) is 2. The first kappa shape index (κ1) is 11.9. The normalized spacial score (nSPS) is 11.1. The highest BCUT2D eigenvalue weighted by Crippen LogP contribution is 2.17. The van der Waals surface area contributed by atoms with Crippen LogP contribution >= 0.6 is 0 Å². The SMILES string of the molecule is COC(=O)C(C)(C)CN(C)CC#N. The molecule has 0 bridgehead atoms. The van der Waals surface area contributed by atoms with E-state index in [9.17, 15) is 4.79 Å². The molecular weight excluding hydrogens is 168 g/mol. The van der Waals surface area contributed by atoms with Gasteiger partial charge >= 0.3 is 5.97 Å². The third-order valence-corrected chi connectivity index (χ3v) is 1.74. The number of hydrogen-bond acceptors (Lipinski definition) is 4. The van der Waals surface area contributed by atoms with Gasteiger partial charge in [0, 0.05) is 6.54 Å². The van der Waals surface area contributed by atoms with Crippen LogP contribution in [0.15, 0.2) is 0 Å². The molecule has 0 aliphatic carbocycles. The average Bonchev–Trinajstić information content (AvgIpc) is 2.02. The molecule has 0 heterocycles. The zero-order valence-electron chi connectivity index (χ0n) is 8.63. The summed E-state index contributed by atoms with van der Waals surface area (Å²) in [6.07, 6.45) is 0. The first-order valence-corrected chi connectivity index (χ1v) is 4.08. The minimum absolute atomic E-state index is 0.253. The fourth-order valence-corrected chi connectivity index (χ4v) is 1.19. The summed E-state index contributed by atoms with van der Waals surface area (Å²) in [5, 5.41) is 8.42. The summed E-state index contributed by atoms with van der Waals surface area (Å²) in [7, 11) is 3.17. The molecule has 0 aliphatic rings. The Balaban J connectivity index is 4.17. The Morgan fingerprint density at radius 2 is 2.15 bits per heavy atom. The summed E-state index contributed by atoms with van der Waals surface area (Å²) >= 11 is 0. The number of hydrogen-bond donors (Lipinski definition) is 0. The number of ether oxygens (including phenoxy) is 1. The van der Waals surface area contributed by atoms with Crippen molar-refractivity contribution < 1.29 is 9.53 Å². The van der Waals surface area contributed by atoms with Gasteiger partial charge in [0.15, 0.2) is 0 Å². The molecule has 0 saturated heterocycles. The highest BCUT2D eigenvalue weighted by atomic mass is 16.5. The van der Waals surface area contributed by atoms with Gasteiger partial charge in [0.05, 0.1) is 25.1 Å². The molecule has 0 aromatic carbocycles. The van der Waals surface area contributed by atoms with Crippen LogP contribution in [0, 0.1) is 16.7 Å². The monoisotopic (exact) mass is 184 g/mol. The predicted octanol–water partition coefficient (Wildman–Crippen LogP) is 0.641. The molecule has 0 atom stereocenters. The van der Waals surface area contributed by atoms with E-state index in [0.717, 1.165) is 0 Å². The van der Waals surface area contributed by atoms with Crippen molar-refractivity contribution in [1.82, 2.24) is 4.90 Å². The maximum Gasteiger partial charge on any atom is 0.312 e. The van der Waals surface area contributed by atoms with Crippen molar-refractivity contribution >= 4 is 5.97 Å². The van der Waals surface area contributed by atoms with Gasteiger partial charge in [0.1, 0.15) is 0 Å². The molecule has 0 aromatic rings. The molecule has 4 heteroatoms. The molecule has 0 fully saturated rings. The van der Waals surface area contributed by atoms with E-state index in [4.69, 9.17) is 5.26 Å². The van der Waals surface area contributed by atoms with Crippen LogP contribution in [0.4, 0.5) is 0 Å². The Morgan fingerprint density at radius 3 is 2.54 bits per heavy atom. The first-order valence-electron chi connectivity index (χ1n) is 4.08. The molecule has 0 aliphatic heterocycles. The summed E-state index contributed by atoms with van der Waals surface area (Å²) in [6.45, 7) is 4.44. The number of carbonyl (C=O) groups is 1. The molecule has 0 amide bonds. The Kier molecular flexibility index (Phi) is 4.43. The first-order chi connectivity index (χ1) is 5.94. The summed E-state index contributed by atoms with van der Waals surface area (Å²) in [5.74, 6) is -0.253. The fourth-order valence-electron chi connectivity index (χ4n) is 1.19. The van der Waals surface area contributed by atoms with Gasteiger partial charge in [0.25, 0.3) is 0 Å². The van der Waals surface area contributed by atoms with Gasteiger partial charge in [-0.05, 0) is 20.9 Å². The van der Waals surface area contributed by atoms with E-state index in [1.807, 2.05) is 6.07 Å². The largest absolute Gasteiger partial charge is 0.469 e. The van der Waals surface area contributed by atoms with E-state index in [1.54, 1.807) is 25.8 Å². The lowest BCUT2D eigenvalue weighted by atomic mass is 9.93. The lowest BCUT2D eigenvalue weighted by Crippen LogP contribution is -2.38. The number of nitriles is 1. The van der Waals surface area contributed by atoms with Crippen molar-refractivity contribution in [1.29, 1.82) is 5.26 Å². The van der Waals surface area contributed by atoms with Crippen LogP contribution in [-0.4, -0.2) is 38.1 Å². The van der Waals surface area contributed by atoms with Crippen molar-refractivity contribution in [2.24, 2.45) is 5.41 Å². The molecule has 0 saturated carbocycles. The lowest BCUT2D eigenvalue weighted by molar-refractivity contribution is -0.151. The van der Waals surface area contributed by atoms with Crippen molar-refractivity contribution in [3.63, 3.8) is 0 Å². The number of esters is 1. The van der Waals surface area contributed by atoms with Crippen molar-refractivity contribution in [3.05, 3.63) is 0 Å². The van der Waals surface area contributed by atoms with Gasteiger partial charge in [-0.15, -0.1) is 0 Å². The van der Waals surface area contributed by atoms with E-state index in [1.165, 1.54) is 7.11 Å². The lowest BCUT2D eigenvalue weighted by Gasteiger charge is -2.26. The maximum atomic E-state index is 11.2. The van der Waals surface area contributed by atoms with E-state index in [0.29, 0.717) is 13.1 Å². The molecule has 0 spiro atoms. The number of carbonyl (C=O) groups excluding carboxylic acids is 1. The minimum atomic E-state index is -0.555. The minimum Gasteiger partial charge on any atom is -0.469 e. The van der Waals surface area contributed by atoms with Crippen LogP contribution in [0.1, 0.15) is 13.8 Å². The van der Waals surface area contributed by atoms with Gasteiger partial charge in [-0.3, -0.25) is 9.69 Å². The summed E-state index contributed by atoms with van der Waals surface area (Å²) < 4.78 is 4.65. The molecule has 0 unspecified atom stereocenters. The van der Waals surface area contributed by atoms with Crippen molar-refractivity contribution in [3.8, 4) is 6.07 Å². The summed E-state index contributed by atoms with van der Waals surface area (Å²) in [6, 6.07) is 2.02. The molecule has 13 heavy (non-hydrogen) atoms. The summed E-state index contributed by atoms with van der Waals surface area (Å²) in [4.78, 5) is 13.0. The number of methoxy groups -OCH3 is 1. The predicted molar refractivity (Wildman–Crippen MR) is 48.9 cm³/mol. The molecule has 0 rings (SSSR count). The highest BCUT2D eigenvalue weighted by Gasteiger charge is 2.29. The van der Waals surface area contributed by atoms with E-state index >= 15 is 0 Å². The van der Waals surface area contributed by atoms with Crippen LogP contribution < -0.4 is 0 Å². The van der Waals surface area contributed by atoms with Crippen LogP contribution in [-0.2, 0) is 9.53 Å². The molecule has 0 N–H and O–H groups in total. The summed E-state index contributed by atoms with van der Waals surface area (Å²) in [5.41, 5.74) is -0.555. The van der Waals surface area contributed by atoms with E-state index in [2.05, 4.69) is 4.74 Å². The molecular formula is C9H16N2O2. The highest BCUT2D eigenvalue weighted by molar-refractivity contribution is 5.76. The van der Waals surface area contributed by atoms with Gasteiger partial charge in [-0.1, -0.05) is 0 Å². The average molecular weight is 184 g/mol. The van der Waals surface area contributed by atoms with E-state index < -0.39 is 5.41 Å². The van der Waals surface area contributed by atoms with E-state index in [-0.39, 0.29) is 5.97 Å². The second-order valence-corrected chi connectivity index (χ2v) is 3.71. The second kappa shape index (κ2) is 4.83.